The fraction of sp³-hybridized carbons (Fsp3) is 0.304. The Morgan fingerprint density at radius 2 is 2.00 bits per heavy atom. The molecule has 0 bridgehead atoms. The lowest BCUT2D eigenvalue weighted by Crippen LogP contribution is -2.38. The first-order valence-corrected chi connectivity index (χ1v) is 10.4. The summed E-state index contributed by atoms with van der Waals surface area (Å²) in [5.41, 5.74) is 5.89. The van der Waals surface area contributed by atoms with Crippen LogP contribution in [0.4, 0.5) is 8.78 Å². The molecule has 0 saturated carbocycles. The Hall–Kier alpha value is -3.66. The summed E-state index contributed by atoms with van der Waals surface area (Å²) in [6, 6.07) is 5.39. The number of fused-ring (bicyclic) bond motifs is 5. The summed E-state index contributed by atoms with van der Waals surface area (Å²) in [7, 11) is 0. The van der Waals surface area contributed by atoms with Crippen molar-refractivity contribution in [1.29, 1.82) is 0 Å². The standard InChI is InChI=1S/C23H19F2N3O5/c1-2-23(33-20(30)8-26)7-19(29)32-10-13-14(23)5-18-21-12(9-28(18)22(13)31)3-11-4-15(24)16(25)6-17(11)27-21/h3-6H,2,7-10,26H2,1H3/t23-/m0/s1. The molecular weight excluding hydrogens is 436 g/mol. The maximum atomic E-state index is 13.8. The highest BCUT2D eigenvalue weighted by Crippen LogP contribution is 2.41. The summed E-state index contributed by atoms with van der Waals surface area (Å²) in [6.45, 7) is 1.23. The molecule has 0 radical (unpaired) electrons. The van der Waals surface area contributed by atoms with E-state index in [0.29, 0.717) is 27.9 Å². The maximum absolute atomic E-state index is 13.8. The van der Waals surface area contributed by atoms with E-state index in [1.807, 2.05) is 0 Å². The van der Waals surface area contributed by atoms with Crippen molar-refractivity contribution >= 4 is 22.8 Å². The van der Waals surface area contributed by atoms with Crippen LogP contribution in [-0.2, 0) is 37.8 Å². The van der Waals surface area contributed by atoms with Crippen molar-refractivity contribution in [3.8, 4) is 11.4 Å². The van der Waals surface area contributed by atoms with Gasteiger partial charge in [-0.1, -0.05) is 6.92 Å². The Morgan fingerprint density at radius 3 is 2.73 bits per heavy atom. The Morgan fingerprint density at radius 1 is 1.24 bits per heavy atom. The van der Waals surface area contributed by atoms with Crippen molar-refractivity contribution in [2.24, 2.45) is 5.73 Å². The molecule has 3 aromatic rings. The van der Waals surface area contributed by atoms with E-state index in [4.69, 9.17) is 15.2 Å². The van der Waals surface area contributed by atoms with Gasteiger partial charge in [0, 0.05) is 22.6 Å². The number of aromatic nitrogens is 2. The topological polar surface area (TPSA) is 114 Å². The van der Waals surface area contributed by atoms with Crippen LogP contribution in [0.2, 0.25) is 0 Å². The Labute approximate surface area is 185 Å². The molecule has 8 nitrogen and oxygen atoms in total. The Kier molecular flexibility index (Phi) is 4.78. The molecule has 10 heteroatoms. The minimum Gasteiger partial charge on any atom is -0.460 e. The highest BCUT2D eigenvalue weighted by atomic mass is 19.2. The Balaban J connectivity index is 1.76. The molecule has 0 amide bonds. The van der Waals surface area contributed by atoms with Gasteiger partial charge in [0.2, 0.25) is 0 Å². The fourth-order valence-corrected chi connectivity index (χ4v) is 4.58. The summed E-state index contributed by atoms with van der Waals surface area (Å²) < 4.78 is 39.8. The molecule has 4 heterocycles. The first kappa shape index (κ1) is 21.2. The highest BCUT2D eigenvalue weighted by Gasteiger charge is 2.44. The molecule has 170 valence electrons. The van der Waals surface area contributed by atoms with E-state index in [-0.39, 0.29) is 37.1 Å². The van der Waals surface area contributed by atoms with Crippen LogP contribution in [0.3, 0.4) is 0 Å². The van der Waals surface area contributed by atoms with Crippen LogP contribution < -0.4 is 11.3 Å². The average molecular weight is 455 g/mol. The van der Waals surface area contributed by atoms with Crippen LogP contribution in [0.25, 0.3) is 22.3 Å². The number of nitrogens with two attached hydrogens (primary N) is 1. The van der Waals surface area contributed by atoms with E-state index in [2.05, 4.69) is 4.98 Å². The number of rotatable bonds is 3. The van der Waals surface area contributed by atoms with Crippen LogP contribution in [0.1, 0.15) is 36.5 Å². The molecule has 0 fully saturated rings. The van der Waals surface area contributed by atoms with E-state index in [1.54, 1.807) is 19.1 Å². The number of esters is 2. The predicted molar refractivity (Wildman–Crippen MR) is 112 cm³/mol. The average Bonchev–Trinajstić information content (AvgIpc) is 3.07. The first-order chi connectivity index (χ1) is 15.8. The number of nitrogens with zero attached hydrogens (tertiary/aromatic N) is 2. The molecule has 2 aliphatic rings. The van der Waals surface area contributed by atoms with E-state index >= 15 is 0 Å². The Bertz CT molecular complexity index is 1420. The number of hydrogen-bond donors (Lipinski definition) is 1. The van der Waals surface area contributed by atoms with Crippen LogP contribution in [-0.4, -0.2) is 28.0 Å². The van der Waals surface area contributed by atoms with Crippen LogP contribution in [0.5, 0.6) is 0 Å². The molecule has 2 aromatic heterocycles. The lowest BCUT2D eigenvalue weighted by molar-refractivity contribution is -0.166. The van der Waals surface area contributed by atoms with Gasteiger partial charge in [-0.2, -0.15) is 0 Å². The number of pyridine rings is 2. The zero-order valence-electron chi connectivity index (χ0n) is 17.6. The third-order valence-corrected chi connectivity index (χ3v) is 6.25. The minimum absolute atomic E-state index is 0.161. The molecule has 0 saturated heterocycles. The summed E-state index contributed by atoms with van der Waals surface area (Å²) in [5, 5.41) is 0.406. The molecule has 1 atom stereocenters. The molecule has 5 rings (SSSR count). The largest absolute Gasteiger partial charge is 0.460 e. The monoisotopic (exact) mass is 455 g/mol. The second-order valence-corrected chi connectivity index (χ2v) is 8.13. The number of hydrogen-bond acceptors (Lipinski definition) is 7. The van der Waals surface area contributed by atoms with Crippen molar-refractivity contribution in [3.05, 3.63) is 62.9 Å². The lowest BCUT2D eigenvalue weighted by atomic mass is 9.85. The molecule has 0 aliphatic carbocycles. The van der Waals surface area contributed by atoms with Gasteiger partial charge in [0.25, 0.3) is 5.56 Å². The van der Waals surface area contributed by atoms with Gasteiger partial charge in [0.05, 0.1) is 42.0 Å². The van der Waals surface area contributed by atoms with Gasteiger partial charge in [0.15, 0.2) is 11.6 Å². The maximum Gasteiger partial charge on any atom is 0.320 e. The summed E-state index contributed by atoms with van der Waals surface area (Å²) in [5.74, 6) is -3.34. The van der Waals surface area contributed by atoms with Gasteiger partial charge in [-0.05, 0) is 24.6 Å². The molecule has 0 spiro atoms. The van der Waals surface area contributed by atoms with Crippen LogP contribution >= 0.6 is 0 Å². The zero-order valence-corrected chi connectivity index (χ0v) is 17.6. The summed E-state index contributed by atoms with van der Waals surface area (Å²) in [4.78, 5) is 42.4. The quantitative estimate of drug-likeness (QED) is 0.472. The molecule has 2 N–H and O–H groups in total. The van der Waals surface area contributed by atoms with Gasteiger partial charge >= 0.3 is 11.9 Å². The van der Waals surface area contributed by atoms with Gasteiger partial charge in [-0.15, -0.1) is 0 Å². The number of carbonyl (C=O) groups is 2. The van der Waals surface area contributed by atoms with E-state index in [0.717, 1.165) is 12.1 Å². The van der Waals surface area contributed by atoms with Crippen LogP contribution in [0, 0.1) is 11.6 Å². The number of benzene rings is 1. The van der Waals surface area contributed by atoms with Gasteiger partial charge in [-0.3, -0.25) is 14.4 Å². The van der Waals surface area contributed by atoms with Crippen molar-refractivity contribution < 1.29 is 27.8 Å². The molecule has 2 aliphatic heterocycles. The predicted octanol–water partition coefficient (Wildman–Crippen LogP) is 2.26. The smallest absolute Gasteiger partial charge is 0.320 e. The third-order valence-electron chi connectivity index (χ3n) is 6.25. The van der Waals surface area contributed by atoms with E-state index < -0.39 is 41.3 Å². The lowest BCUT2D eigenvalue weighted by Gasteiger charge is -2.32. The summed E-state index contributed by atoms with van der Waals surface area (Å²) in [6.07, 6.45) is -0.0696. The normalized spacial score (nSPS) is 18.8. The molecule has 1 aromatic carbocycles. The van der Waals surface area contributed by atoms with Crippen molar-refractivity contribution in [1.82, 2.24) is 9.55 Å². The fourth-order valence-electron chi connectivity index (χ4n) is 4.58. The van der Waals surface area contributed by atoms with Gasteiger partial charge < -0.3 is 19.8 Å². The highest BCUT2D eigenvalue weighted by molar-refractivity contribution is 5.84. The first-order valence-electron chi connectivity index (χ1n) is 10.4. The van der Waals surface area contributed by atoms with Crippen molar-refractivity contribution in [2.75, 3.05) is 6.54 Å². The molecule has 33 heavy (non-hydrogen) atoms. The SMILES string of the molecule is CC[C@]1(OC(=O)CN)CC(=O)OCc2c1cc1n(c2=O)Cc2cc3cc(F)c(F)cc3nc2-1. The molecule has 0 unspecified atom stereocenters. The van der Waals surface area contributed by atoms with Crippen LogP contribution in [0.15, 0.2) is 29.1 Å². The number of halogens is 2. The molecular formula is C23H19F2N3O5. The van der Waals surface area contributed by atoms with Crippen molar-refractivity contribution in [3.63, 3.8) is 0 Å². The zero-order chi connectivity index (χ0) is 23.5. The number of carbonyl (C=O) groups excluding carboxylic acids is 2. The number of ether oxygens (including phenoxy) is 2. The number of cyclic esters (lactones) is 1. The second-order valence-electron chi connectivity index (χ2n) is 8.13. The van der Waals surface area contributed by atoms with Gasteiger partial charge in [0.1, 0.15) is 12.2 Å². The minimum atomic E-state index is -1.43. The second kappa shape index (κ2) is 7.45. The van der Waals surface area contributed by atoms with E-state index in [9.17, 15) is 23.2 Å². The van der Waals surface area contributed by atoms with Crippen molar-refractivity contribution in [2.45, 2.75) is 38.5 Å². The third kappa shape index (κ3) is 3.20. The van der Waals surface area contributed by atoms with E-state index in [1.165, 1.54) is 4.57 Å². The van der Waals surface area contributed by atoms with Gasteiger partial charge in [-0.25, -0.2) is 13.8 Å². The summed E-state index contributed by atoms with van der Waals surface area (Å²) >= 11 is 0.